The molecule has 2 rings (SSSR count). The molecule has 0 atom stereocenters. The molecule has 0 aliphatic carbocycles. The van der Waals surface area contributed by atoms with Crippen molar-refractivity contribution >= 4 is 33.0 Å². The van der Waals surface area contributed by atoms with Crippen molar-refractivity contribution < 1.29 is 0 Å². The molecule has 0 heterocycles. The van der Waals surface area contributed by atoms with Gasteiger partial charge in [-0.25, -0.2) is 0 Å². The normalized spacial score (nSPS) is 9.42. The zero-order valence-corrected chi connectivity index (χ0v) is 11.4. The van der Waals surface area contributed by atoms with Crippen LogP contribution < -0.4 is 11.1 Å². The molecule has 92 valence electrons. The van der Waals surface area contributed by atoms with Gasteiger partial charge in [-0.05, 0) is 52.3 Å². The molecule has 0 aliphatic rings. The Morgan fingerprint density at radius 2 is 1.53 bits per heavy atom. The van der Waals surface area contributed by atoms with E-state index in [-0.39, 0.29) is 0 Å². The molecule has 0 aliphatic heterocycles. The van der Waals surface area contributed by atoms with E-state index in [2.05, 4.69) is 27.3 Å². The highest BCUT2D eigenvalue weighted by Gasteiger charge is 2.05. The Kier molecular flexibility index (Phi) is 3.70. The first kappa shape index (κ1) is 12.9. The highest BCUT2D eigenvalue weighted by Crippen LogP contribution is 2.29. The van der Waals surface area contributed by atoms with Gasteiger partial charge in [0.15, 0.2) is 0 Å². The van der Waals surface area contributed by atoms with Gasteiger partial charge in [0.1, 0.15) is 0 Å². The molecule has 0 radical (unpaired) electrons. The summed E-state index contributed by atoms with van der Waals surface area (Å²) in [5.41, 5.74) is 8.97. The zero-order valence-electron chi connectivity index (χ0n) is 9.81. The molecule has 0 unspecified atom stereocenters. The average molecular weight is 313 g/mol. The lowest BCUT2D eigenvalue weighted by atomic mass is 10.1. The fourth-order valence-corrected chi connectivity index (χ4v) is 2.06. The quantitative estimate of drug-likeness (QED) is 0.831. The molecule has 0 bridgehead atoms. The van der Waals surface area contributed by atoms with Gasteiger partial charge < -0.3 is 11.1 Å². The van der Waals surface area contributed by atoms with Crippen LogP contribution in [0.4, 0.5) is 17.1 Å². The summed E-state index contributed by atoms with van der Waals surface area (Å²) in [5.74, 6) is 0. The molecule has 2 aromatic carbocycles. The van der Waals surface area contributed by atoms with Gasteiger partial charge in [-0.15, -0.1) is 0 Å². The predicted molar refractivity (Wildman–Crippen MR) is 77.7 cm³/mol. The van der Waals surface area contributed by atoms with E-state index >= 15 is 0 Å². The van der Waals surface area contributed by atoms with Crippen molar-refractivity contribution in [3.05, 3.63) is 52.0 Å². The summed E-state index contributed by atoms with van der Waals surface area (Å²) < 4.78 is 0.773. The zero-order chi connectivity index (χ0) is 13.8. The lowest BCUT2D eigenvalue weighted by Gasteiger charge is -2.11. The van der Waals surface area contributed by atoms with Gasteiger partial charge in [0, 0.05) is 4.47 Å². The largest absolute Gasteiger partial charge is 0.397 e. The number of nitriles is 2. The Bertz CT molecular complexity index is 649. The second-order valence-corrected chi connectivity index (χ2v) is 4.70. The highest BCUT2D eigenvalue weighted by atomic mass is 79.9. The van der Waals surface area contributed by atoms with Crippen molar-refractivity contribution in [2.24, 2.45) is 0 Å². The molecule has 4 nitrogen and oxygen atoms in total. The van der Waals surface area contributed by atoms with Gasteiger partial charge in [-0.1, -0.05) is 0 Å². The number of hydrogen-bond donors (Lipinski definition) is 2. The Labute approximate surface area is 119 Å². The molecule has 3 N–H and O–H groups in total. The lowest BCUT2D eigenvalue weighted by Crippen LogP contribution is -1.97. The van der Waals surface area contributed by atoms with Crippen LogP contribution in [0, 0.1) is 22.7 Å². The second kappa shape index (κ2) is 5.43. The van der Waals surface area contributed by atoms with E-state index < -0.39 is 0 Å². The van der Waals surface area contributed by atoms with Crippen LogP contribution in [-0.2, 0) is 0 Å². The maximum atomic E-state index is 8.80. The molecular formula is C14H9BrN4. The van der Waals surface area contributed by atoms with E-state index in [1.807, 2.05) is 6.07 Å². The van der Waals surface area contributed by atoms with Crippen LogP contribution in [-0.4, -0.2) is 0 Å². The molecule has 0 aromatic heterocycles. The number of rotatable bonds is 2. The molecule has 0 saturated carbocycles. The van der Waals surface area contributed by atoms with Gasteiger partial charge in [0.05, 0.1) is 40.3 Å². The van der Waals surface area contributed by atoms with Crippen molar-refractivity contribution in [2.45, 2.75) is 0 Å². The summed E-state index contributed by atoms with van der Waals surface area (Å²) in [6.45, 7) is 0. The first-order valence-electron chi connectivity index (χ1n) is 5.40. The fourth-order valence-electron chi connectivity index (χ4n) is 1.58. The third kappa shape index (κ3) is 2.85. The second-order valence-electron chi connectivity index (χ2n) is 3.85. The Hall–Kier alpha value is -2.50. The Balaban J connectivity index is 2.32. The predicted octanol–water partition coefficient (Wildman–Crippen LogP) is 3.52. The third-order valence-electron chi connectivity index (χ3n) is 2.55. The summed E-state index contributed by atoms with van der Waals surface area (Å²) in [7, 11) is 0. The van der Waals surface area contributed by atoms with Crippen LogP contribution in [0.25, 0.3) is 0 Å². The minimum absolute atomic E-state index is 0.496. The van der Waals surface area contributed by atoms with Crippen LogP contribution in [0.1, 0.15) is 11.1 Å². The van der Waals surface area contributed by atoms with Gasteiger partial charge in [0.25, 0.3) is 0 Å². The molecule has 0 spiro atoms. The number of anilines is 3. The minimum Gasteiger partial charge on any atom is -0.397 e. The smallest absolute Gasteiger partial charge is 0.0992 e. The molecular weight excluding hydrogens is 304 g/mol. The van der Waals surface area contributed by atoms with Crippen molar-refractivity contribution in [2.75, 3.05) is 11.1 Å². The number of benzene rings is 2. The van der Waals surface area contributed by atoms with E-state index in [9.17, 15) is 0 Å². The third-order valence-corrected chi connectivity index (χ3v) is 3.20. The number of nitrogens with one attached hydrogen (secondary N) is 1. The number of nitrogen functional groups attached to an aromatic ring is 1. The summed E-state index contributed by atoms with van der Waals surface area (Å²) in [6.07, 6.45) is 0. The maximum Gasteiger partial charge on any atom is 0.0992 e. The van der Waals surface area contributed by atoms with Crippen LogP contribution in [0.3, 0.4) is 0 Å². The van der Waals surface area contributed by atoms with E-state index in [1.54, 1.807) is 36.4 Å². The van der Waals surface area contributed by atoms with E-state index in [0.29, 0.717) is 22.5 Å². The topological polar surface area (TPSA) is 85.6 Å². The molecule has 19 heavy (non-hydrogen) atoms. The van der Waals surface area contributed by atoms with E-state index in [4.69, 9.17) is 16.3 Å². The van der Waals surface area contributed by atoms with Crippen molar-refractivity contribution in [3.63, 3.8) is 0 Å². The number of halogens is 1. The van der Waals surface area contributed by atoms with Gasteiger partial charge in [-0.3, -0.25) is 0 Å². The lowest BCUT2D eigenvalue weighted by molar-refractivity contribution is 1.45. The number of nitrogens with zero attached hydrogens (tertiary/aromatic N) is 2. The summed E-state index contributed by atoms with van der Waals surface area (Å²) in [5, 5.41) is 20.7. The average Bonchev–Trinajstić information content (AvgIpc) is 2.42. The SMILES string of the molecule is N#Cc1ccc(Nc2ccc(C#N)cc2Br)c(N)c1. The summed E-state index contributed by atoms with van der Waals surface area (Å²) in [6, 6.07) is 14.4. The van der Waals surface area contributed by atoms with Crippen molar-refractivity contribution in [1.29, 1.82) is 10.5 Å². The fraction of sp³-hybridized carbons (Fsp3) is 0. The van der Waals surface area contributed by atoms with Crippen LogP contribution in [0.15, 0.2) is 40.9 Å². The molecule has 0 amide bonds. The summed E-state index contributed by atoms with van der Waals surface area (Å²) in [4.78, 5) is 0. The first-order chi connectivity index (χ1) is 9.13. The Morgan fingerprint density at radius 3 is 2.05 bits per heavy atom. The van der Waals surface area contributed by atoms with Gasteiger partial charge >= 0.3 is 0 Å². The van der Waals surface area contributed by atoms with Gasteiger partial charge in [0.2, 0.25) is 0 Å². The molecule has 0 saturated heterocycles. The highest BCUT2D eigenvalue weighted by molar-refractivity contribution is 9.10. The van der Waals surface area contributed by atoms with Crippen LogP contribution in [0.2, 0.25) is 0 Å². The Morgan fingerprint density at radius 1 is 0.947 bits per heavy atom. The molecule has 0 fully saturated rings. The molecule has 5 heteroatoms. The van der Waals surface area contributed by atoms with Crippen LogP contribution >= 0.6 is 15.9 Å². The maximum absolute atomic E-state index is 8.80. The molecule has 2 aromatic rings. The van der Waals surface area contributed by atoms with Crippen LogP contribution in [0.5, 0.6) is 0 Å². The van der Waals surface area contributed by atoms with Crippen molar-refractivity contribution in [3.8, 4) is 12.1 Å². The van der Waals surface area contributed by atoms with Gasteiger partial charge in [-0.2, -0.15) is 10.5 Å². The van der Waals surface area contributed by atoms with Crippen molar-refractivity contribution in [1.82, 2.24) is 0 Å². The monoisotopic (exact) mass is 312 g/mol. The number of hydrogen-bond acceptors (Lipinski definition) is 4. The van der Waals surface area contributed by atoms with E-state index in [1.165, 1.54) is 0 Å². The first-order valence-corrected chi connectivity index (χ1v) is 6.19. The summed E-state index contributed by atoms with van der Waals surface area (Å²) >= 11 is 3.39. The van der Waals surface area contributed by atoms with E-state index in [0.717, 1.165) is 10.2 Å². The minimum atomic E-state index is 0.496. The number of nitrogens with two attached hydrogens (primary N) is 1. The standard InChI is InChI=1S/C14H9BrN4/c15-11-5-9(7-16)1-3-13(11)19-14-4-2-10(8-17)6-12(14)18/h1-6,19H,18H2.